The van der Waals surface area contributed by atoms with Gasteiger partial charge in [-0.3, -0.25) is 0 Å². The summed E-state index contributed by atoms with van der Waals surface area (Å²) in [5.74, 6) is 2.18. The van der Waals surface area contributed by atoms with E-state index in [1.54, 1.807) is 7.11 Å². The van der Waals surface area contributed by atoms with Gasteiger partial charge in [-0.15, -0.1) is 34.8 Å². The van der Waals surface area contributed by atoms with E-state index in [4.69, 9.17) is 39.5 Å². The monoisotopic (exact) mass is 340 g/mol. The molecule has 1 nitrogen and oxygen atoms in total. The molecule has 20 heavy (non-hydrogen) atoms. The van der Waals surface area contributed by atoms with Crippen molar-refractivity contribution in [2.24, 2.45) is 23.7 Å². The molecule has 2 aliphatic rings. The van der Waals surface area contributed by atoms with Crippen molar-refractivity contribution in [3.63, 3.8) is 0 Å². The molecule has 0 N–H and O–H groups in total. The number of alkyl halides is 3. The molecule has 2 rings (SSSR count). The molecular formula is C16H27Cl3O. The zero-order valence-corrected chi connectivity index (χ0v) is 14.8. The molecule has 0 spiro atoms. The molecule has 3 atom stereocenters. The molecule has 118 valence electrons. The molecular weight excluding hydrogens is 315 g/mol. The molecule has 0 aliphatic heterocycles. The van der Waals surface area contributed by atoms with Crippen LogP contribution in [0.2, 0.25) is 0 Å². The van der Waals surface area contributed by atoms with Gasteiger partial charge in [0.25, 0.3) is 0 Å². The summed E-state index contributed by atoms with van der Waals surface area (Å²) in [5.41, 5.74) is 0. The van der Waals surface area contributed by atoms with E-state index in [0.717, 1.165) is 32.3 Å². The minimum Gasteiger partial charge on any atom is -0.384 e. The van der Waals surface area contributed by atoms with Gasteiger partial charge in [0.15, 0.2) is 0 Å². The first-order valence-electron chi connectivity index (χ1n) is 7.94. The lowest BCUT2D eigenvalue weighted by atomic mass is 9.68. The SMILES string of the molecule is COCC(C1CCC(Cl)CC1)C1C(Cl)CC(C)CC1Cl. The molecule has 4 heteroatoms. The Hall–Kier alpha value is 0.830. The van der Waals surface area contributed by atoms with Crippen molar-refractivity contribution in [1.82, 2.24) is 0 Å². The van der Waals surface area contributed by atoms with Crippen LogP contribution in [0.1, 0.15) is 45.4 Å². The Morgan fingerprint density at radius 3 is 2.05 bits per heavy atom. The van der Waals surface area contributed by atoms with Crippen LogP contribution >= 0.6 is 34.8 Å². The average Bonchev–Trinajstić information content (AvgIpc) is 2.37. The molecule has 3 unspecified atom stereocenters. The molecule has 0 aromatic heterocycles. The highest BCUT2D eigenvalue weighted by Gasteiger charge is 2.42. The Labute approximate surface area is 138 Å². The third kappa shape index (κ3) is 4.18. The molecule has 0 heterocycles. The number of methoxy groups -OCH3 is 1. The largest absolute Gasteiger partial charge is 0.384 e. The van der Waals surface area contributed by atoms with Crippen LogP contribution in [0.15, 0.2) is 0 Å². The Morgan fingerprint density at radius 2 is 1.55 bits per heavy atom. The fourth-order valence-electron chi connectivity index (χ4n) is 4.20. The van der Waals surface area contributed by atoms with E-state index in [9.17, 15) is 0 Å². The maximum absolute atomic E-state index is 6.68. The van der Waals surface area contributed by atoms with Gasteiger partial charge in [-0.2, -0.15) is 0 Å². The fourth-order valence-corrected chi connectivity index (χ4v) is 5.86. The number of ether oxygens (including phenoxy) is 1. The quantitative estimate of drug-likeness (QED) is 0.630. The van der Waals surface area contributed by atoms with Crippen LogP contribution in [0.25, 0.3) is 0 Å². The van der Waals surface area contributed by atoms with E-state index in [1.165, 1.54) is 12.8 Å². The summed E-state index contributed by atoms with van der Waals surface area (Å²) in [5, 5.41) is 0.740. The van der Waals surface area contributed by atoms with Crippen molar-refractivity contribution in [3.05, 3.63) is 0 Å². The Bertz CT molecular complexity index is 279. The first kappa shape index (κ1) is 17.2. The maximum Gasteiger partial charge on any atom is 0.0496 e. The highest BCUT2D eigenvalue weighted by Crippen LogP contribution is 2.45. The van der Waals surface area contributed by atoms with Gasteiger partial charge >= 0.3 is 0 Å². The molecule has 0 aromatic rings. The second-order valence-corrected chi connectivity index (χ2v) is 8.56. The fraction of sp³-hybridized carbons (Fsp3) is 1.00. The van der Waals surface area contributed by atoms with Gasteiger partial charge in [0.1, 0.15) is 0 Å². The van der Waals surface area contributed by atoms with Crippen LogP contribution in [0.3, 0.4) is 0 Å². The normalized spacial score (nSPS) is 44.2. The van der Waals surface area contributed by atoms with Crippen molar-refractivity contribution >= 4 is 34.8 Å². The molecule has 2 fully saturated rings. The van der Waals surface area contributed by atoms with Gasteiger partial charge in [-0.05, 0) is 62.2 Å². The number of halogens is 3. The molecule has 0 bridgehead atoms. The molecule has 0 amide bonds. The van der Waals surface area contributed by atoms with Crippen molar-refractivity contribution in [2.75, 3.05) is 13.7 Å². The molecule has 0 aromatic carbocycles. The van der Waals surface area contributed by atoms with Crippen LogP contribution < -0.4 is 0 Å². The van der Waals surface area contributed by atoms with E-state index in [2.05, 4.69) is 6.92 Å². The summed E-state index contributed by atoms with van der Waals surface area (Å²) in [6, 6.07) is 0. The first-order valence-corrected chi connectivity index (χ1v) is 9.25. The van der Waals surface area contributed by atoms with E-state index in [-0.39, 0.29) is 10.8 Å². The van der Waals surface area contributed by atoms with Gasteiger partial charge < -0.3 is 4.74 Å². The Morgan fingerprint density at radius 1 is 1.00 bits per heavy atom. The van der Waals surface area contributed by atoms with Crippen LogP contribution in [-0.4, -0.2) is 29.8 Å². The topological polar surface area (TPSA) is 9.23 Å². The second kappa shape index (κ2) is 7.90. The smallest absolute Gasteiger partial charge is 0.0496 e. The minimum atomic E-state index is 0.190. The summed E-state index contributed by atoms with van der Waals surface area (Å²) in [6.07, 6.45) is 6.80. The van der Waals surface area contributed by atoms with Crippen molar-refractivity contribution in [3.8, 4) is 0 Å². The van der Waals surface area contributed by atoms with Crippen LogP contribution in [0.4, 0.5) is 0 Å². The summed E-state index contributed by atoms with van der Waals surface area (Å²) in [6.45, 7) is 3.04. The van der Waals surface area contributed by atoms with E-state index < -0.39 is 0 Å². The van der Waals surface area contributed by atoms with Crippen LogP contribution in [0.5, 0.6) is 0 Å². The number of rotatable bonds is 4. The predicted molar refractivity (Wildman–Crippen MR) is 88.1 cm³/mol. The van der Waals surface area contributed by atoms with Crippen molar-refractivity contribution in [1.29, 1.82) is 0 Å². The Kier molecular flexibility index (Phi) is 6.79. The van der Waals surface area contributed by atoms with Gasteiger partial charge in [-0.25, -0.2) is 0 Å². The van der Waals surface area contributed by atoms with E-state index >= 15 is 0 Å². The van der Waals surface area contributed by atoms with Crippen molar-refractivity contribution < 1.29 is 4.74 Å². The summed E-state index contributed by atoms with van der Waals surface area (Å²) < 4.78 is 5.51. The van der Waals surface area contributed by atoms with Gasteiger partial charge in [0, 0.05) is 29.8 Å². The van der Waals surface area contributed by atoms with E-state index in [1.807, 2.05) is 0 Å². The average molecular weight is 342 g/mol. The zero-order valence-electron chi connectivity index (χ0n) is 12.5. The zero-order chi connectivity index (χ0) is 14.7. The highest BCUT2D eigenvalue weighted by molar-refractivity contribution is 6.24. The lowest BCUT2D eigenvalue weighted by Crippen LogP contribution is -2.43. The second-order valence-electron chi connectivity index (χ2n) is 6.82. The first-order chi connectivity index (χ1) is 9.52. The maximum atomic E-state index is 6.68. The third-order valence-corrected chi connectivity index (χ3v) is 6.63. The lowest BCUT2D eigenvalue weighted by molar-refractivity contribution is 0.0511. The number of hydrogen-bond donors (Lipinski definition) is 0. The molecule has 2 aliphatic carbocycles. The van der Waals surface area contributed by atoms with Gasteiger partial charge in [0.2, 0.25) is 0 Å². The third-order valence-electron chi connectivity index (χ3n) is 5.25. The van der Waals surface area contributed by atoms with E-state index in [0.29, 0.717) is 29.0 Å². The summed E-state index contributed by atoms with van der Waals surface area (Å²) in [4.78, 5) is 0. The van der Waals surface area contributed by atoms with Gasteiger partial charge in [-0.1, -0.05) is 6.92 Å². The molecule has 0 saturated heterocycles. The van der Waals surface area contributed by atoms with Crippen LogP contribution in [0, 0.1) is 23.7 Å². The molecule has 2 saturated carbocycles. The standard InChI is InChI=1S/C16H27Cl3O/c1-10-7-14(18)16(15(19)8-10)13(9-20-2)11-3-5-12(17)6-4-11/h10-16H,3-9H2,1-2H3. The minimum absolute atomic E-state index is 0.190. The molecule has 0 radical (unpaired) electrons. The number of hydrogen-bond acceptors (Lipinski definition) is 1. The van der Waals surface area contributed by atoms with Crippen molar-refractivity contribution in [2.45, 2.75) is 61.6 Å². The highest BCUT2D eigenvalue weighted by atomic mass is 35.5. The Balaban J connectivity index is 2.06. The predicted octanol–water partition coefficient (Wildman–Crippen LogP) is 5.31. The summed E-state index contributed by atoms with van der Waals surface area (Å²) in [7, 11) is 1.79. The summed E-state index contributed by atoms with van der Waals surface area (Å²) >= 11 is 19.6. The van der Waals surface area contributed by atoms with Crippen LogP contribution in [-0.2, 0) is 4.74 Å². The van der Waals surface area contributed by atoms with Gasteiger partial charge in [0.05, 0.1) is 0 Å². The lowest BCUT2D eigenvalue weighted by Gasteiger charge is -2.44.